The van der Waals surface area contributed by atoms with E-state index in [1.165, 1.54) is 5.56 Å². The third-order valence-corrected chi connectivity index (χ3v) is 3.92. The normalized spacial score (nSPS) is 16.2. The van der Waals surface area contributed by atoms with Crippen molar-refractivity contribution in [1.82, 2.24) is 9.80 Å². The van der Waals surface area contributed by atoms with Crippen molar-refractivity contribution in [3.8, 4) is 5.75 Å². The average Bonchev–Trinajstić information content (AvgIpc) is 2.48. The van der Waals surface area contributed by atoms with Gasteiger partial charge in [0.2, 0.25) is 0 Å². The summed E-state index contributed by atoms with van der Waals surface area (Å²) < 4.78 is 5.95. The highest BCUT2D eigenvalue weighted by Crippen LogP contribution is 2.25. The molecule has 5 nitrogen and oxygen atoms in total. The van der Waals surface area contributed by atoms with Crippen LogP contribution >= 0.6 is 0 Å². The summed E-state index contributed by atoms with van der Waals surface area (Å²) in [5.74, 6) is 1.65. The minimum Gasteiger partial charge on any atom is -0.492 e. The Balaban J connectivity index is 1.77. The molecular formula is C16H26N4O. The van der Waals surface area contributed by atoms with Crippen LogP contribution in [-0.2, 0) is 0 Å². The first kappa shape index (κ1) is 15.6. The van der Waals surface area contributed by atoms with Crippen LogP contribution in [-0.4, -0.2) is 55.1 Å². The van der Waals surface area contributed by atoms with Crippen molar-refractivity contribution in [2.24, 2.45) is 5.73 Å². The van der Waals surface area contributed by atoms with Crippen molar-refractivity contribution >= 4 is 5.96 Å². The molecule has 3 N–H and O–H groups in total. The van der Waals surface area contributed by atoms with Crippen molar-refractivity contribution < 1.29 is 4.74 Å². The number of piperazine rings is 1. The lowest BCUT2D eigenvalue weighted by Crippen LogP contribution is -2.51. The zero-order valence-electron chi connectivity index (χ0n) is 13.0. The quantitative estimate of drug-likeness (QED) is 0.640. The van der Waals surface area contributed by atoms with Crippen molar-refractivity contribution in [3.05, 3.63) is 29.8 Å². The fourth-order valence-corrected chi connectivity index (χ4v) is 2.59. The fraction of sp³-hybridized carbons (Fsp3) is 0.562. The summed E-state index contributed by atoms with van der Waals surface area (Å²) in [6.07, 6.45) is 0. The maximum atomic E-state index is 7.43. The van der Waals surface area contributed by atoms with Crippen LogP contribution in [0.15, 0.2) is 24.3 Å². The number of rotatable bonds is 5. The second kappa shape index (κ2) is 7.31. The van der Waals surface area contributed by atoms with E-state index < -0.39 is 0 Å². The molecule has 0 spiro atoms. The van der Waals surface area contributed by atoms with Crippen LogP contribution < -0.4 is 10.5 Å². The van der Waals surface area contributed by atoms with E-state index in [2.05, 4.69) is 30.9 Å². The highest BCUT2D eigenvalue weighted by Gasteiger charge is 2.17. The molecule has 1 aliphatic heterocycles. The number of nitrogens with zero attached hydrogens (tertiary/aromatic N) is 2. The number of hydrogen-bond donors (Lipinski definition) is 2. The molecule has 1 aromatic rings. The first-order valence-corrected chi connectivity index (χ1v) is 7.61. The summed E-state index contributed by atoms with van der Waals surface area (Å²) in [7, 11) is 0. The molecule has 1 aliphatic rings. The van der Waals surface area contributed by atoms with Crippen LogP contribution in [0.5, 0.6) is 5.75 Å². The lowest BCUT2D eigenvalue weighted by Gasteiger charge is -2.34. The minimum atomic E-state index is 0.178. The van der Waals surface area contributed by atoms with Crippen LogP contribution in [0.4, 0.5) is 0 Å². The van der Waals surface area contributed by atoms with E-state index in [4.69, 9.17) is 15.9 Å². The Morgan fingerprint density at radius 1 is 1.24 bits per heavy atom. The molecule has 0 radical (unpaired) electrons. The Kier molecular flexibility index (Phi) is 5.44. The van der Waals surface area contributed by atoms with Crippen molar-refractivity contribution in [3.63, 3.8) is 0 Å². The van der Waals surface area contributed by atoms with Crippen molar-refractivity contribution in [2.45, 2.75) is 19.8 Å². The highest BCUT2D eigenvalue weighted by molar-refractivity contribution is 5.74. The van der Waals surface area contributed by atoms with Gasteiger partial charge in [-0.1, -0.05) is 32.0 Å². The Bertz CT molecular complexity index is 467. The summed E-state index contributed by atoms with van der Waals surface area (Å²) in [4.78, 5) is 4.27. The summed E-state index contributed by atoms with van der Waals surface area (Å²) in [6, 6.07) is 8.25. The summed E-state index contributed by atoms with van der Waals surface area (Å²) in [6.45, 7) is 9.52. The van der Waals surface area contributed by atoms with E-state index in [0.717, 1.165) is 38.5 Å². The van der Waals surface area contributed by atoms with Crippen LogP contribution in [0, 0.1) is 5.41 Å². The summed E-state index contributed by atoms with van der Waals surface area (Å²) >= 11 is 0. The number of hydrogen-bond acceptors (Lipinski definition) is 3. The van der Waals surface area contributed by atoms with Gasteiger partial charge in [-0.25, -0.2) is 0 Å². The van der Waals surface area contributed by atoms with Crippen LogP contribution in [0.2, 0.25) is 0 Å². The molecule has 5 heteroatoms. The zero-order valence-corrected chi connectivity index (χ0v) is 13.0. The number of benzene rings is 1. The molecule has 1 aromatic carbocycles. The molecule has 0 saturated carbocycles. The molecule has 1 saturated heterocycles. The second-order valence-corrected chi connectivity index (χ2v) is 5.75. The van der Waals surface area contributed by atoms with E-state index >= 15 is 0 Å². The molecule has 0 unspecified atom stereocenters. The van der Waals surface area contributed by atoms with Crippen LogP contribution in [0.25, 0.3) is 0 Å². The second-order valence-electron chi connectivity index (χ2n) is 5.75. The molecule has 0 amide bonds. The van der Waals surface area contributed by atoms with Crippen molar-refractivity contribution in [2.75, 3.05) is 39.3 Å². The number of nitrogens with two attached hydrogens (primary N) is 1. The molecular weight excluding hydrogens is 264 g/mol. The molecule has 1 fully saturated rings. The molecule has 21 heavy (non-hydrogen) atoms. The third kappa shape index (κ3) is 4.36. The molecule has 0 aromatic heterocycles. The number of ether oxygens (including phenoxy) is 1. The molecule has 0 aliphatic carbocycles. The maximum Gasteiger partial charge on any atom is 0.188 e. The van der Waals surface area contributed by atoms with Gasteiger partial charge in [0, 0.05) is 32.7 Å². The van der Waals surface area contributed by atoms with E-state index in [0.29, 0.717) is 12.5 Å². The standard InChI is InChI=1S/C16H26N4O/c1-13(2)14-5-3-4-6-15(14)21-12-11-19-7-9-20(10-8-19)16(17)18/h3-6,13H,7-12H2,1-2H3,(H3,17,18). The van der Waals surface area contributed by atoms with Crippen LogP contribution in [0.3, 0.4) is 0 Å². The Morgan fingerprint density at radius 2 is 1.90 bits per heavy atom. The van der Waals surface area contributed by atoms with Gasteiger partial charge in [-0.15, -0.1) is 0 Å². The minimum absolute atomic E-state index is 0.178. The molecule has 0 bridgehead atoms. The van der Waals surface area contributed by atoms with Gasteiger partial charge in [-0.3, -0.25) is 10.3 Å². The van der Waals surface area contributed by atoms with Crippen LogP contribution in [0.1, 0.15) is 25.3 Å². The smallest absolute Gasteiger partial charge is 0.188 e. The van der Waals surface area contributed by atoms with E-state index in [1.54, 1.807) is 0 Å². The highest BCUT2D eigenvalue weighted by atomic mass is 16.5. The number of nitrogens with one attached hydrogen (secondary N) is 1. The SMILES string of the molecule is CC(C)c1ccccc1OCCN1CCN(C(=N)N)CC1. The monoisotopic (exact) mass is 290 g/mol. The topological polar surface area (TPSA) is 65.6 Å². The Labute approximate surface area is 127 Å². The maximum absolute atomic E-state index is 7.43. The van der Waals surface area contributed by atoms with Gasteiger partial charge in [-0.2, -0.15) is 0 Å². The predicted octanol–water partition coefficient (Wildman–Crippen LogP) is 1.70. The molecule has 1 heterocycles. The summed E-state index contributed by atoms with van der Waals surface area (Å²) in [5, 5.41) is 7.43. The van der Waals surface area contributed by atoms with Gasteiger partial charge >= 0.3 is 0 Å². The van der Waals surface area contributed by atoms with Gasteiger partial charge in [0.05, 0.1) is 0 Å². The third-order valence-electron chi connectivity index (χ3n) is 3.92. The largest absolute Gasteiger partial charge is 0.492 e. The lowest BCUT2D eigenvalue weighted by atomic mass is 10.0. The first-order valence-electron chi connectivity index (χ1n) is 7.61. The van der Waals surface area contributed by atoms with Gasteiger partial charge in [0.1, 0.15) is 12.4 Å². The number of guanidine groups is 1. The lowest BCUT2D eigenvalue weighted by molar-refractivity contribution is 0.152. The molecule has 116 valence electrons. The fourth-order valence-electron chi connectivity index (χ4n) is 2.59. The van der Waals surface area contributed by atoms with E-state index in [1.807, 2.05) is 17.0 Å². The van der Waals surface area contributed by atoms with E-state index in [-0.39, 0.29) is 5.96 Å². The molecule has 2 rings (SSSR count). The zero-order chi connectivity index (χ0) is 15.2. The number of para-hydroxylation sites is 1. The Hall–Kier alpha value is -1.75. The summed E-state index contributed by atoms with van der Waals surface area (Å²) in [5.41, 5.74) is 6.76. The van der Waals surface area contributed by atoms with Gasteiger partial charge in [0.25, 0.3) is 0 Å². The average molecular weight is 290 g/mol. The van der Waals surface area contributed by atoms with Crippen molar-refractivity contribution in [1.29, 1.82) is 5.41 Å². The first-order chi connectivity index (χ1) is 10.1. The van der Waals surface area contributed by atoms with Gasteiger partial charge in [0.15, 0.2) is 5.96 Å². The Morgan fingerprint density at radius 3 is 2.52 bits per heavy atom. The predicted molar refractivity (Wildman–Crippen MR) is 86.0 cm³/mol. The van der Waals surface area contributed by atoms with Gasteiger partial charge in [-0.05, 0) is 17.5 Å². The molecule has 0 atom stereocenters. The van der Waals surface area contributed by atoms with E-state index in [9.17, 15) is 0 Å². The van der Waals surface area contributed by atoms with Gasteiger partial charge < -0.3 is 15.4 Å².